The molecular weight excluding hydrogens is 304 g/mol. The van der Waals surface area contributed by atoms with Gasteiger partial charge in [-0.1, -0.05) is 0 Å². The number of hydrogen-bond acceptors (Lipinski definition) is 6. The van der Waals surface area contributed by atoms with Crippen LogP contribution in [0.25, 0.3) is 0 Å². The molecule has 18 heavy (non-hydrogen) atoms. The van der Waals surface area contributed by atoms with Gasteiger partial charge in [0.05, 0.1) is 0 Å². The summed E-state index contributed by atoms with van der Waals surface area (Å²) in [6.45, 7) is 11.6. The van der Waals surface area contributed by atoms with Gasteiger partial charge in [0.25, 0.3) is 0 Å². The van der Waals surface area contributed by atoms with Gasteiger partial charge in [-0.3, -0.25) is 0 Å². The fraction of sp³-hybridized carbons (Fsp3) is 1.00. The minimum Gasteiger partial charge on any atom is -0.394 e. The summed E-state index contributed by atoms with van der Waals surface area (Å²) in [7, 11) is -6.99. The molecule has 0 N–H and O–H groups in total. The smallest absolute Gasteiger partial charge is 0.394 e. The van der Waals surface area contributed by atoms with Crippen molar-refractivity contribution in [3.05, 3.63) is 0 Å². The summed E-state index contributed by atoms with van der Waals surface area (Å²) < 4.78 is 35.2. The molecule has 0 spiro atoms. The molecule has 0 aliphatic carbocycles. The second-order valence-corrected chi connectivity index (χ2v) is 18.5. The Morgan fingerprint density at radius 3 is 0.944 bits per heavy atom. The first-order valence-electron chi connectivity index (χ1n) is 5.86. The Morgan fingerprint density at radius 2 is 0.778 bits per heavy atom. The van der Waals surface area contributed by atoms with E-state index in [1.54, 1.807) is 14.2 Å². The topological polar surface area (TPSA) is 55.4 Å². The summed E-state index contributed by atoms with van der Waals surface area (Å²) in [5.74, 6) is 0. The molecule has 0 bridgehead atoms. The van der Waals surface area contributed by atoms with Crippen LogP contribution in [0.4, 0.5) is 0 Å². The molecule has 108 valence electrons. The SMILES string of the molecule is CO[Si]1(C)O[Si](C)(C)O[Si](C)(OC)O[Si](C)(C)O1. The van der Waals surface area contributed by atoms with E-state index in [-0.39, 0.29) is 0 Å². The molecule has 1 aliphatic heterocycles. The largest absolute Gasteiger partial charge is 0.479 e. The van der Waals surface area contributed by atoms with E-state index < -0.39 is 34.7 Å². The summed E-state index contributed by atoms with van der Waals surface area (Å²) in [4.78, 5) is 0. The van der Waals surface area contributed by atoms with Gasteiger partial charge >= 0.3 is 34.7 Å². The van der Waals surface area contributed by atoms with E-state index in [0.717, 1.165) is 0 Å². The zero-order valence-corrected chi connectivity index (χ0v) is 16.4. The maximum absolute atomic E-state index is 6.07. The van der Waals surface area contributed by atoms with Gasteiger partial charge in [-0.25, -0.2) is 0 Å². The highest BCUT2D eigenvalue weighted by Crippen LogP contribution is 2.30. The standard InChI is InChI=1S/C8H24O6Si4/c1-9-17(7)11-15(3,4)13-18(8,10-2)14-16(5,6)12-17/h1-8H3. The quantitative estimate of drug-likeness (QED) is 0.722. The van der Waals surface area contributed by atoms with Gasteiger partial charge in [0, 0.05) is 27.3 Å². The van der Waals surface area contributed by atoms with Crippen molar-refractivity contribution in [2.75, 3.05) is 14.2 Å². The van der Waals surface area contributed by atoms with E-state index in [1.165, 1.54) is 0 Å². The molecular formula is C8H24O6Si4. The summed E-state index contributed by atoms with van der Waals surface area (Å²) in [5.41, 5.74) is 0. The Bertz CT molecular complexity index is 264. The highest BCUT2D eigenvalue weighted by atomic mass is 28.5. The average molecular weight is 329 g/mol. The van der Waals surface area contributed by atoms with Crippen LogP contribution in [0, 0.1) is 0 Å². The molecule has 6 nitrogen and oxygen atoms in total. The van der Waals surface area contributed by atoms with Gasteiger partial charge in [-0.2, -0.15) is 0 Å². The summed E-state index contributed by atoms with van der Waals surface area (Å²) in [6.07, 6.45) is 0. The lowest BCUT2D eigenvalue weighted by Gasteiger charge is -2.45. The Morgan fingerprint density at radius 1 is 0.556 bits per heavy atom. The van der Waals surface area contributed by atoms with Gasteiger partial charge in [0.2, 0.25) is 0 Å². The minimum atomic E-state index is -2.70. The van der Waals surface area contributed by atoms with Crippen molar-refractivity contribution in [3.63, 3.8) is 0 Å². The summed E-state index contributed by atoms with van der Waals surface area (Å²) in [5, 5.41) is 0. The van der Waals surface area contributed by atoms with E-state index in [2.05, 4.69) is 0 Å². The van der Waals surface area contributed by atoms with Crippen molar-refractivity contribution in [1.82, 2.24) is 0 Å². The second-order valence-electron chi connectivity index (χ2n) is 5.34. The van der Waals surface area contributed by atoms with Crippen LogP contribution < -0.4 is 0 Å². The molecule has 0 amide bonds. The molecule has 1 saturated heterocycles. The van der Waals surface area contributed by atoms with Crippen LogP contribution in [0.3, 0.4) is 0 Å². The monoisotopic (exact) mass is 328 g/mol. The Labute approximate surface area is 114 Å². The van der Waals surface area contributed by atoms with Crippen molar-refractivity contribution < 1.29 is 25.3 Å². The van der Waals surface area contributed by atoms with Crippen molar-refractivity contribution in [2.45, 2.75) is 39.3 Å². The fourth-order valence-corrected chi connectivity index (χ4v) is 19.8. The highest BCUT2D eigenvalue weighted by molar-refractivity contribution is 6.90. The minimum absolute atomic E-state index is 1.61. The molecule has 0 aromatic rings. The van der Waals surface area contributed by atoms with E-state index in [9.17, 15) is 0 Å². The molecule has 0 aromatic heterocycles. The van der Waals surface area contributed by atoms with Crippen LogP contribution >= 0.6 is 0 Å². The van der Waals surface area contributed by atoms with Crippen molar-refractivity contribution >= 4 is 34.7 Å². The zero-order chi connectivity index (χ0) is 14.2. The molecule has 0 radical (unpaired) electrons. The first-order chi connectivity index (χ1) is 7.95. The van der Waals surface area contributed by atoms with Crippen molar-refractivity contribution in [1.29, 1.82) is 0 Å². The van der Waals surface area contributed by atoms with Gasteiger partial charge < -0.3 is 25.3 Å². The van der Waals surface area contributed by atoms with Crippen LogP contribution in [0.15, 0.2) is 0 Å². The number of hydrogen-bond donors (Lipinski definition) is 0. The lowest BCUT2D eigenvalue weighted by atomic mass is 11.8. The van der Waals surface area contributed by atoms with Gasteiger partial charge in [0.15, 0.2) is 0 Å². The molecule has 0 atom stereocenters. The second kappa shape index (κ2) is 5.20. The molecule has 1 heterocycles. The van der Waals surface area contributed by atoms with Crippen LogP contribution in [0.1, 0.15) is 0 Å². The van der Waals surface area contributed by atoms with Crippen molar-refractivity contribution in [3.8, 4) is 0 Å². The van der Waals surface area contributed by atoms with Gasteiger partial charge in [-0.15, -0.1) is 0 Å². The van der Waals surface area contributed by atoms with Gasteiger partial charge in [0.1, 0.15) is 0 Å². The Balaban J connectivity index is 3.06. The summed E-state index contributed by atoms with van der Waals surface area (Å²) in [6, 6.07) is 0. The van der Waals surface area contributed by atoms with Gasteiger partial charge in [-0.05, 0) is 26.2 Å². The predicted octanol–water partition coefficient (Wildman–Crippen LogP) is 1.90. The maximum atomic E-state index is 6.07. The van der Waals surface area contributed by atoms with Crippen LogP contribution in [-0.4, -0.2) is 49.0 Å². The Hall–Kier alpha value is 0.628. The molecule has 10 heteroatoms. The van der Waals surface area contributed by atoms with E-state index >= 15 is 0 Å². The first-order valence-corrected chi connectivity index (χ1v) is 15.9. The lowest BCUT2D eigenvalue weighted by molar-refractivity contribution is 0.116. The highest BCUT2D eigenvalue weighted by Gasteiger charge is 2.56. The Kier molecular flexibility index (Phi) is 4.81. The average Bonchev–Trinajstić information content (AvgIpc) is 2.11. The number of rotatable bonds is 2. The van der Waals surface area contributed by atoms with Crippen LogP contribution in [0.2, 0.25) is 39.3 Å². The van der Waals surface area contributed by atoms with E-state index in [0.29, 0.717) is 0 Å². The molecule has 1 aliphatic rings. The van der Waals surface area contributed by atoms with Crippen LogP contribution in [-0.2, 0) is 25.3 Å². The molecule has 0 unspecified atom stereocenters. The van der Waals surface area contributed by atoms with E-state index in [4.69, 9.17) is 25.3 Å². The van der Waals surface area contributed by atoms with Crippen molar-refractivity contribution in [2.24, 2.45) is 0 Å². The fourth-order valence-electron chi connectivity index (χ4n) is 2.04. The van der Waals surface area contributed by atoms with Crippen LogP contribution in [0.5, 0.6) is 0 Å². The third kappa shape index (κ3) is 4.33. The van der Waals surface area contributed by atoms with E-state index in [1.807, 2.05) is 39.3 Å². The third-order valence-electron chi connectivity index (χ3n) is 2.47. The molecule has 0 saturated carbocycles. The molecule has 1 rings (SSSR count). The predicted molar refractivity (Wildman–Crippen MR) is 76.6 cm³/mol. The molecule has 1 fully saturated rings. The third-order valence-corrected chi connectivity index (χ3v) is 17.7. The zero-order valence-electron chi connectivity index (χ0n) is 12.4. The first kappa shape index (κ1) is 16.7. The maximum Gasteiger partial charge on any atom is 0.479 e. The lowest BCUT2D eigenvalue weighted by Crippen LogP contribution is -2.67. The summed E-state index contributed by atoms with van der Waals surface area (Å²) >= 11 is 0. The normalized spacial score (nSPS) is 40.0. The molecule has 0 aromatic carbocycles.